The molecule has 4 nitrogen and oxygen atoms in total. The van der Waals surface area contributed by atoms with Gasteiger partial charge in [-0.25, -0.2) is 4.98 Å². The van der Waals surface area contributed by atoms with Gasteiger partial charge in [0, 0.05) is 30.9 Å². The number of anilines is 1. The molecule has 17 heavy (non-hydrogen) atoms. The highest BCUT2D eigenvalue weighted by Crippen LogP contribution is 2.28. The van der Waals surface area contributed by atoms with E-state index in [1.807, 2.05) is 26.0 Å². The lowest BCUT2D eigenvalue weighted by atomic mass is 9.93. The second kappa shape index (κ2) is 4.63. The molecule has 1 atom stereocenters. The molecule has 0 radical (unpaired) electrons. The van der Waals surface area contributed by atoms with Gasteiger partial charge in [-0.05, 0) is 32.8 Å². The number of rotatable bonds is 2. The highest BCUT2D eigenvalue weighted by molar-refractivity contribution is 5.48. The minimum absolute atomic E-state index is 0.0128. The quantitative estimate of drug-likeness (QED) is 0.814. The summed E-state index contributed by atoms with van der Waals surface area (Å²) in [4.78, 5) is 6.65. The Morgan fingerprint density at radius 2 is 2.12 bits per heavy atom. The summed E-state index contributed by atoms with van der Waals surface area (Å²) in [6.07, 6.45) is 3.36. The first-order valence-electron chi connectivity index (χ1n) is 6.17. The van der Waals surface area contributed by atoms with Crippen LogP contribution in [0.5, 0.6) is 0 Å². The maximum absolute atomic E-state index is 9.95. The molecule has 0 amide bonds. The highest BCUT2D eigenvalue weighted by atomic mass is 16.3. The van der Waals surface area contributed by atoms with Crippen LogP contribution in [-0.2, 0) is 0 Å². The summed E-state index contributed by atoms with van der Waals surface area (Å²) in [5.74, 6) is 0.970. The normalized spacial score (nSPS) is 21.3. The van der Waals surface area contributed by atoms with Crippen LogP contribution in [-0.4, -0.2) is 28.8 Å². The average Bonchev–Trinajstić information content (AvgIpc) is 2.29. The molecule has 0 spiro atoms. The number of piperidine rings is 1. The second-order valence-corrected chi connectivity index (χ2v) is 5.19. The third-order valence-corrected chi connectivity index (χ3v) is 3.45. The van der Waals surface area contributed by atoms with Crippen molar-refractivity contribution in [2.75, 3.05) is 18.0 Å². The van der Waals surface area contributed by atoms with Gasteiger partial charge in [0.05, 0.1) is 5.60 Å². The fourth-order valence-electron chi connectivity index (χ4n) is 2.23. The molecule has 1 saturated heterocycles. The summed E-state index contributed by atoms with van der Waals surface area (Å²) < 4.78 is 0. The lowest BCUT2D eigenvalue weighted by Crippen LogP contribution is -2.43. The van der Waals surface area contributed by atoms with E-state index in [0.29, 0.717) is 0 Å². The van der Waals surface area contributed by atoms with E-state index in [1.54, 1.807) is 6.20 Å². The van der Waals surface area contributed by atoms with Crippen molar-refractivity contribution in [1.29, 1.82) is 0 Å². The van der Waals surface area contributed by atoms with Crippen LogP contribution < -0.4 is 10.6 Å². The fourth-order valence-corrected chi connectivity index (χ4v) is 2.23. The zero-order valence-corrected chi connectivity index (χ0v) is 10.6. The van der Waals surface area contributed by atoms with Gasteiger partial charge in [0.15, 0.2) is 0 Å². The molecule has 0 saturated carbocycles. The van der Waals surface area contributed by atoms with E-state index in [0.717, 1.165) is 37.3 Å². The fraction of sp³-hybridized carbons (Fsp3) is 0.615. The van der Waals surface area contributed by atoms with Crippen molar-refractivity contribution in [2.24, 2.45) is 5.73 Å². The van der Waals surface area contributed by atoms with Crippen molar-refractivity contribution in [1.82, 2.24) is 4.98 Å². The van der Waals surface area contributed by atoms with Crippen molar-refractivity contribution >= 4 is 5.82 Å². The number of hydrogen-bond donors (Lipinski definition) is 2. The number of hydrogen-bond acceptors (Lipinski definition) is 4. The van der Waals surface area contributed by atoms with Gasteiger partial charge in [0.25, 0.3) is 0 Å². The van der Waals surface area contributed by atoms with Crippen LogP contribution >= 0.6 is 0 Å². The maximum atomic E-state index is 9.95. The third-order valence-electron chi connectivity index (χ3n) is 3.45. The molecule has 1 aliphatic heterocycles. The average molecular weight is 235 g/mol. The van der Waals surface area contributed by atoms with Gasteiger partial charge in [-0.15, -0.1) is 0 Å². The summed E-state index contributed by atoms with van der Waals surface area (Å²) in [6, 6.07) is 3.93. The van der Waals surface area contributed by atoms with Crippen LogP contribution in [0.3, 0.4) is 0 Å². The van der Waals surface area contributed by atoms with Gasteiger partial charge in [-0.3, -0.25) is 0 Å². The molecule has 1 aliphatic rings. The lowest BCUT2D eigenvalue weighted by Gasteiger charge is -2.37. The summed E-state index contributed by atoms with van der Waals surface area (Å²) >= 11 is 0. The number of aromatic nitrogens is 1. The molecular formula is C13H21N3O. The van der Waals surface area contributed by atoms with E-state index in [9.17, 15) is 5.11 Å². The topological polar surface area (TPSA) is 62.4 Å². The van der Waals surface area contributed by atoms with E-state index < -0.39 is 5.60 Å². The minimum atomic E-state index is -0.528. The standard InChI is InChI=1S/C13H21N3O/c1-10(14)11-4-3-7-15-12(11)16-8-5-13(2,17)6-9-16/h3-4,7,10,17H,5-6,8-9,14H2,1-2H3/t10-/m1/s1. The molecule has 3 N–H and O–H groups in total. The Bertz CT molecular complexity index is 380. The van der Waals surface area contributed by atoms with Gasteiger partial charge in [-0.2, -0.15) is 0 Å². The van der Waals surface area contributed by atoms with Crippen LogP contribution in [0.25, 0.3) is 0 Å². The van der Waals surface area contributed by atoms with Crippen molar-refractivity contribution < 1.29 is 5.11 Å². The summed E-state index contributed by atoms with van der Waals surface area (Å²) in [5.41, 5.74) is 6.51. The molecule has 2 heterocycles. The first-order chi connectivity index (χ1) is 7.99. The SMILES string of the molecule is C[C@@H](N)c1cccnc1N1CCC(C)(O)CC1. The van der Waals surface area contributed by atoms with E-state index in [2.05, 4.69) is 9.88 Å². The largest absolute Gasteiger partial charge is 0.390 e. The van der Waals surface area contributed by atoms with E-state index in [1.165, 1.54) is 0 Å². The van der Waals surface area contributed by atoms with Gasteiger partial charge in [0.2, 0.25) is 0 Å². The summed E-state index contributed by atoms with van der Waals surface area (Å²) in [5, 5.41) is 9.95. The molecule has 1 aromatic rings. The zero-order chi connectivity index (χ0) is 12.5. The molecule has 2 rings (SSSR count). The molecule has 1 aromatic heterocycles. The molecule has 1 fully saturated rings. The third kappa shape index (κ3) is 2.76. The van der Waals surface area contributed by atoms with Crippen molar-refractivity contribution in [2.45, 2.75) is 38.3 Å². The first kappa shape index (κ1) is 12.3. The molecule has 94 valence electrons. The Balaban J connectivity index is 2.18. The van der Waals surface area contributed by atoms with Crippen molar-refractivity contribution in [3.8, 4) is 0 Å². The minimum Gasteiger partial charge on any atom is -0.390 e. The zero-order valence-electron chi connectivity index (χ0n) is 10.6. The summed E-state index contributed by atoms with van der Waals surface area (Å²) in [6.45, 7) is 5.54. The van der Waals surface area contributed by atoms with E-state index in [-0.39, 0.29) is 6.04 Å². The van der Waals surface area contributed by atoms with Crippen LogP contribution in [0.4, 0.5) is 5.82 Å². The molecule has 0 aromatic carbocycles. The highest BCUT2D eigenvalue weighted by Gasteiger charge is 2.28. The number of pyridine rings is 1. The number of nitrogens with two attached hydrogens (primary N) is 1. The monoisotopic (exact) mass is 235 g/mol. The van der Waals surface area contributed by atoms with Crippen LogP contribution in [0.15, 0.2) is 18.3 Å². The van der Waals surface area contributed by atoms with E-state index >= 15 is 0 Å². The lowest BCUT2D eigenvalue weighted by molar-refractivity contribution is 0.0350. The van der Waals surface area contributed by atoms with Crippen molar-refractivity contribution in [3.05, 3.63) is 23.9 Å². The predicted octanol–water partition coefficient (Wildman–Crippen LogP) is 1.45. The Morgan fingerprint density at radius 3 is 2.71 bits per heavy atom. The van der Waals surface area contributed by atoms with E-state index in [4.69, 9.17) is 5.73 Å². The van der Waals surface area contributed by atoms with Gasteiger partial charge >= 0.3 is 0 Å². The Morgan fingerprint density at radius 1 is 1.47 bits per heavy atom. The molecular weight excluding hydrogens is 214 g/mol. The Kier molecular flexibility index (Phi) is 3.35. The maximum Gasteiger partial charge on any atom is 0.133 e. The molecule has 4 heteroatoms. The van der Waals surface area contributed by atoms with Gasteiger partial charge < -0.3 is 15.7 Å². The summed E-state index contributed by atoms with van der Waals surface area (Å²) in [7, 11) is 0. The second-order valence-electron chi connectivity index (χ2n) is 5.19. The van der Waals surface area contributed by atoms with Gasteiger partial charge in [0.1, 0.15) is 5.82 Å². The first-order valence-corrected chi connectivity index (χ1v) is 6.17. The smallest absolute Gasteiger partial charge is 0.133 e. The van der Waals surface area contributed by atoms with Crippen LogP contribution in [0.2, 0.25) is 0 Å². The molecule has 0 unspecified atom stereocenters. The number of aliphatic hydroxyl groups is 1. The molecule has 0 bridgehead atoms. The van der Waals surface area contributed by atoms with Crippen LogP contribution in [0.1, 0.15) is 38.3 Å². The molecule has 0 aliphatic carbocycles. The van der Waals surface area contributed by atoms with Gasteiger partial charge in [-0.1, -0.05) is 6.07 Å². The Hall–Kier alpha value is -1.13. The number of nitrogens with zero attached hydrogens (tertiary/aromatic N) is 2. The Labute approximate surface area is 102 Å². The predicted molar refractivity (Wildman–Crippen MR) is 68.9 cm³/mol. The van der Waals surface area contributed by atoms with Crippen LogP contribution in [0, 0.1) is 0 Å². The van der Waals surface area contributed by atoms with Crippen molar-refractivity contribution in [3.63, 3.8) is 0 Å².